The molecule has 22 heavy (non-hydrogen) atoms. The highest BCUT2D eigenvalue weighted by atomic mass is 35.5. The molecule has 0 heterocycles. The van der Waals surface area contributed by atoms with Crippen molar-refractivity contribution in [2.75, 3.05) is 6.54 Å². The van der Waals surface area contributed by atoms with Gasteiger partial charge in [0.05, 0.1) is 0 Å². The van der Waals surface area contributed by atoms with E-state index in [1.54, 1.807) is 12.3 Å². The Morgan fingerprint density at radius 3 is 2.68 bits per heavy atom. The topological polar surface area (TPSA) is 41.1 Å². The van der Waals surface area contributed by atoms with Crippen LogP contribution in [0.25, 0.3) is 6.08 Å². The fourth-order valence-corrected chi connectivity index (χ4v) is 2.21. The number of hydrogen-bond donors (Lipinski definition) is 2. The van der Waals surface area contributed by atoms with Crippen LogP contribution < -0.4 is 10.6 Å². The first kappa shape index (κ1) is 16.1. The van der Waals surface area contributed by atoms with Gasteiger partial charge in [-0.2, -0.15) is 0 Å². The SMILES string of the molecule is O=C(N/C=C/c1cccc(Cl)c1)NCCCc1ccccc1. The van der Waals surface area contributed by atoms with Crippen LogP contribution in [-0.4, -0.2) is 12.6 Å². The molecule has 0 unspecified atom stereocenters. The predicted octanol–water partition coefficient (Wildman–Crippen LogP) is 4.24. The lowest BCUT2D eigenvalue weighted by Crippen LogP contribution is -2.32. The summed E-state index contributed by atoms with van der Waals surface area (Å²) in [5, 5.41) is 6.17. The van der Waals surface area contributed by atoms with Crippen molar-refractivity contribution < 1.29 is 4.79 Å². The maximum atomic E-state index is 11.6. The third-order valence-electron chi connectivity index (χ3n) is 3.11. The Morgan fingerprint density at radius 2 is 1.91 bits per heavy atom. The first-order valence-electron chi connectivity index (χ1n) is 7.24. The van der Waals surface area contributed by atoms with E-state index in [-0.39, 0.29) is 6.03 Å². The first-order valence-corrected chi connectivity index (χ1v) is 7.62. The molecular weight excluding hydrogens is 296 g/mol. The Kier molecular flexibility index (Phi) is 6.52. The Morgan fingerprint density at radius 1 is 1.09 bits per heavy atom. The summed E-state index contributed by atoms with van der Waals surface area (Å²) in [6.45, 7) is 0.645. The van der Waals surface area contributed by atoms with Crippen molar-refractivity contribution in [3.8, 4) is 0 Å². The van der Waals surface area contributed by atoms with E-state index in [1.165, 1.54) is 5.56 Å². The summed E-state index contributed by atoms with van der Waals surface area (Å²) < 4.78 is 0. The number of aryl methyl sites for hydroxylation is 1. The smallest absolute Gasteiger partial charge is 0.318 e. The predicted molar refractivity (Wildman–Crippen MR) is 91.8 cm³/mol. The van der Waals surface area contributed by atoms with Gasteiger partial charge >= 0.3 is 6.03 Å². The van der Waals surface area contributed by atoms with Crippen LogP contribution in [0.1, 0.15) is 17.5 Å². The van der Waals surface area contributed by atoms with Gasteiger partial charge in [-0.25, -0.2) is 4.79 Å². The molecule has 2 amide bonds. The average molecular weight is 315 g/mol. The molecule has 0 aliphatic rings. The highest BCUT2D eigenvalue weighted by Crippen LogP contribution is 2.11. The van der Waals surface area contributed by atoms with Crippen LogP contribution in [0.2, 0.25) is 5.02 Å². The van der Waals surface area contributed by atoms with Gasteiger partial charge in [0.2, 0.25) is 0 Å². The Labute approximate surface area is 136 Å². The molecule has 2 rings (SSSR count). The summed E-state index contributed by atoms with van der Waals surface area (Å²) in [5.41, 5.74) is 2.22. The van der Waals surface area contributed by atoms with Gasteiger partial charge < -0.3 is 10.6 Å². The third-order valence-corrected chi connectivity index (χ3v) is 3.34. The Hall–Kier alpha value is -2.26. The highest BCUT2D eigenvalue weighted by molar-refractivity contribution is 6.30. The van der Waals surface area contributed by atoms with Gasteiger partial charge in [0.15, 0.2) is 0 Å². The van der Waals surface area contributed by atoms with Crippen LogP contribution in [0.5, 0.6) is 0 Å². The quantitative estimate of drug-likeness (QED) is 0.769. The van der Waals surface area contributed by atoms with Crippen LogP contribution in [0.3, 0.4) is 0 Å². The van der Waals surface area contributed by atoms with E-state index in [2.05, 4.69) is 22.8 Å². The number of urea groups is 1. The van der Waals surface area contributed by atoms with Crippen molar-refractivity contribution in [2.24, 2.45) is 0 Å². The van der Waals surface area contributed by atoms with Crippen molar-refractivity contribution in [3.63, 3.8) is 0 Å². The molecule has 0 aromatic heterocycles. The van der Waals surface area contributed by atoms with E-state index in [4.69, 9.17) is 11.6 Å². The molecule has 0 aliphatic heterocycles. The molecule has 2 aromatic carbocycles. The summed E-state index contributed by atoms with van der Waals surface area (Å²) >= 11 is 5.89. The lowest BCUT2D eigenvalue weighted by molar-refractivity contribution is 0.244. The van der Waals surface area contributed by atoms with Gasteiger partial charge in [-0.3, -0.25) is 0 Å². The number of amides is 2. The second-order valence-corrected chi connectivity index (χ2v) is 5.31. The molecule has 4 heteroatoms. The Balaban J connectivity index is 1.64. The molecule has 0 atom stereocenters. The molecule has 0 saturated heterocycles. The lowest BCUT2D eigenvalue weighted by Gasteiger charge is -2.04. The minimum Gasteiger partial charge on any atom is -0.338 e. The van der Waals surface area contributed by atoms with Gasteiger partial charge in [-0.1, -0.05) is 54.1 Å². The van der Waals surface area contributed by atoms with Crippen molar-refractivity contribution in [1.82, 2.24) is 10.6 Å². The molecule has 114 valence electrons. The minimum atomic E-state index is -0.202. The highest BCUT2D eigenvalue weighted by Gasteiger charge is 1.97. The number of benzene rings is 2. The second-order valence-electron chi connectivity index (χ2n) is 4.88. The molecular formula is C18H19ClN2O. The summed E-state index contributed by atoms with van der Waals surface area (Å²) in [4.78, 5) is 11.6. The van der Waals surface area contributed by atoms with E-state index in [9.17, 15) is 4.79 Å². The number of rotatable bonds is 6. The van der Waals surface area contributed by atoms with E-state index in [0.717, 1.165) is 18.4 Å². The number of halogens is 1. The number of hydrogen-bond acceptors (Lipinski definition) is 1. The number of carbonyl (C=O) groups excluding carboxylic acids is 1. The summed E-state index contributed by atoms with van der Waals surface area (Å²) in [7, 11) is 0. The van der Waals surface area contributed by atoms with Crippen molar-refractivity contribution in [2.45, 2.75) is 12.8 Å². The van der Waals surface area contributed by atoms with Crippen LogP contribution in [0.15, 0.2) is 60.8 Å². The molecule has 0 spiro atoms. The zero-order valence-electron chi connectivity index (χ0n) is 12.3. The van der Waals surface area contributed by atoms with E-state index in [1.807, 2.05) is 42.5 Å². The fourth-order valence-electron chi connectivity index (χ4n) is 2.01. The minimum absolute atomic E-state index is 0.202. The van der Waals surface area contributed by atoms with Crippen molar-refractivity contribution >= 4 is 23.7 Å². The van der Waals surface area contributed by atoms with Crippen molar-refractivity contribution in [1.29, 1.82) is 0 Å². The summed E-state index contributed by atoms with van der Waals surface area (Å²) in [6.07, 6.45) is 5.28. The van der Waals surface area contributed by atoms with E-state index in [0.29, 0.717) is 11.6 Å². The molecule has 2 aromatic rings. The molecule has 0 fully saturated rings. The zero-order valence-corrected chi connectivity index (χ0v) is 13.0. The number of nitrogens with one attached hydrogen (secondary N) is 2. The third kappa shape index (κ3) is 6.02. The van der Waals surface area contributed by atoms with Crippen LogP contribution >= 0.6 is 11.6 Å². The van der Waals surface area contributed by atoms with Gasteiger partial charge in [-0.05, 0) is 42.2 Å². The van der Waals surface area contributed by atoms with Crippen molar-refractivity contribution in [3.05, 3.63) is 76.9 Å². The van der Waals surface area contributed by atoms with E-state index >= 15 is 0 Å². The van der Waals surface area contributed by atoms with Gasteiger partial charge in [0, 0.05) is 17.8 Å². The first-order chi connectivity index (χ1) is 10.7. The Bertz CT molecular complexity index is 626. The van der Waals surface area contributed by atoms with E-state index < -0.39 is 0 Å². The summed E-state index contributed by atoms with van der Waals surface area (Å²) in [6, 6.07) is 17.5. The second kappa shape index (κ2) is 8.90. The largest absolute Gasteiger partial charge is 0.338 e. The maximum absolute atomic E-state index is 11.6. The van der Waals surface area contributed by atoms with Crippen LogP contribution in [-0.2, 0) is 6.42 Å². The normalized spacial score (nSPS) is 10.6. The summed E-state index contributed by atoms with van der Waals surface area (Å²) in [5.74, 6) is 0. The van der Waals surface area contributed by atoms with Crippen LogP contribution in [0, 0.1) is 0 Å². The van der Waals surface area contributed by atoms with Gasteiger partial charge in [0.1, 0.15) is 0 Å². The molecule has 0 aliphatic carbocycles. The molecule has 0 radical (unpaired) electrons. The average Bonchev–Trinajstić information content (AvgIpc) is 2.53. The number of carbonyl (C=O) groups is 1. The monoisotopic (exact) mass is 314 g/mol. The molecule has 0 bridgehead atoms. The maximum Gasteiger partial charge on any atom is 0.318 e. The lowest BCUT2D eigenvalue weighted by atomic mass is 10.1. The van der Waals surface area contributed by atoms with Gasteiger partial charge in [0.25, 0.3) is 0 Å². The van der Waals surface area contributed by atoms with Gasteiger partial charge in [-0.15, -0.1) is 0 Å². The molecule has 3 nitrogen and oxygen atoms in total. The fraction of sp³-hybridized carbons (Fsp3) is 0.167. The van der Waals surface area contributed by atoms with Crippen LogP contribution in [0.4, 0.5) is 4.79 Å². The zero-order chi connectivity index (χ0) is 15.6. The molecule has 2 N–H and O–H groups in total. The molecule has 0 saturated carbocycles. The standard InChI is InChI=1S/C18H19ClN2O/c19-17-10-4-8-16(14-17)11-13-21-18(22)20-12-5-9-15-6-2-1-3-7-15/h1-4,6-8,10-11,13-14H,5,9,12H2,(H2,20,21,22)/b13-11+.